The van der Waals surface area contributed by atoms with Gasteiger partial charge in [-0.1, -0.05) is 25.1 Å². The van der Waals surface area contributed by atoms with Gasteiger partial charge in [0.05, 0.1) is 0 Å². The highest BCUT2D eigenvalue weighted by molar-refractivity contribution is 7.99. The fourth-order valence-corrected chi connectivity index (χ4v) is 3.95. The lowest BCUT2D eigenvalue weighted by Gasteiger charge is -2.36. The second-order valence-corrected chi connectivity index (χ2v) is 5.63. The highest BCUT2D eigenvalue weighted by Crippen LogP contribution is 2.50. The molecule has 0 saturated carbocycles. The van der Waals surface area contributed by atoms with Crippen molar-refractivity contribution in [1.82, 2.24) is 5.32 Å². The van der Waals surface area contributed by atoms with Crippen LogP contribution in [-0.4, -0.2) is 12.3 Å². The second kappa shape index (κ2) is 3.01. The van der Waals surface area contributed by atoms with Gasteiger partial charge in [0.15, 0.2) is 0 Å². The number of hydrogen-bond acceptors (Lipinski definition) is 2. The van der Waals surface area contributed by atoms with Gasteiger partial charge in [0.25, 0.3) is 0 Å². The van der Waals surface area contributed by atoms with Crippen LogP contribution in [0.1, 0.15) is 24.9 Å². The Balaban J connectivity index is 2.10. The summed E-state index contributed by atoms with van der Waals surface area (Å²) < 4.78 is 0. The Bertz CT molecular complexity index is 363. The van der Waals surface area contributed by atoms with Crippen molar-refractivity contribution < 1.29 is 0 Å². The van der Waals surface area contributed by atoms with Crippen LogP contribution in [0.3, 0.4) is 0 Å². The standard InChI is InChI=1S/C12H15NS/c1-12-6-7-13-11(12)9-4-2-3-5-10(9)14-8-12/h2-5,11,13H,6-8H2,1H3/t11-,12-/m1/s1. The molecule has 1 aromatic carbocycles. The van der Waals surface area contributed by atoms with E-state index in [0.717, 1.165) is 0 Å². The van der Waals surface area contributed by atoms with Crippen LogP contribution in [0.2, 0.25) is 0 Å². The van der Waals surface area contributed by atoms with Gasteiger partial charge in [-0.2, -0.15) is 0 Å². The zero-order valence-electron chi connectivity index (χ0n) is 8.42. The molecule has 0 aliphatic carbocycles. The van der Waals surface area contributed by atoms with Crippen LogP contribution in [-0.2, 0) is 0 Å². The summed E-state index contributed by atoms with van der Waals surface area (Å²) in [6.45, 7) is 3.59. The van der Waals surface area contributed by atoms with Gasteiger partial charge in [0.1, 0.15) is 0 Å². The molecule has 0 unspecified atom stereocenters. The first-order valence-electron chi connectivity index (χ1n) is 5.25. The van der Waals surface area contributed by atoms with Crippen molar-refractivity contribution in [1.29, 1.82) is 0 Å². The number of rotatable bonds is 0. The van der Waals surface area contributed by atoms with Crippen molar-refractivity contribution in [3.8, 4) is 0 Å². The highest BCUT2D eigenvalue weighted by Gasteiger charge is 2.43. The summed E-state index contributed by atoms with van der Waals surface area (Å²) in [7, 11) is 0. The molecular weight excluding hydrogens is 190 g/mol. The largest absolute Gasteiger partial charge is 0.309 e. The molecule has 1 fully saturated rings. The Morgan fingerprint density at radius 3 is 3.21 bits per heavy atom. The lowest BCUT2D eigenvalue weighted by Crippen LogP contribution is -2.31. The Kier molecular flexibility index (Phi) is 1.89. The van der Waals surface area contributed by atoms with Gasteiger partial charge in [0.2, 0.25) is 0 Å². The minimum Gasteiger partial charge on any atom is -0.309 e. The van der Waals surface area contributed by atoms with Gasteiger partial charge in [-0.15, -0.1) is 11.8 Å². The quantitative estimate of drug-likeness (QED) is 0.699. The first kappa shape index (κ1) is 8.81. The molecule has 1 aromatic rings. The lowest BCUT2D eigenvalue weighted by atomic mass is 9.80. The molecule has 74 valence electrons. The molecule has 3 rings (SSSR count). The first-order chi connectivity index (χ1) is 6.80. The van der Waals surface area contributed by atoms with E-state index in [0.29, 0.717) is 11.5 Å². The minimum atomic E-state index is 0.485. The van der Waals surface area contributed by atoms with Crippen LogP contribution in [0.4, 0.5) is 0 Å². The zero-order valence-corrected chi connectivity index (χ0v) is 9.23. The molecule has 2 aliphatic heterocycles. The molecule has 1 nitrogen and oxygen atoms in total. The fraction of sp³-hybridized carbons (Fsp3) is 0.500. The maximum atomic E-state index is 3.64. The van der Waals surface area contributed by atoms with Gasteiger partial charge in [-0.05, 0) is 30.0 Å². The van der Waals surface area contributed by atoms with Gasteiger partial charge in [-0.3, -0.25) is 0 Å². The van der Waals surface area contributed by atoms with Crippen molar-refractivity contribution in [2.75, 3.05) is 12.3 Å². The topological polar surface area (TPSA) is 12.0 Å². The van der Waals surface area contributed by atoms with E-state index in [1.807, 2.05) is 11.8 Å². The normalized spacial score (nSPS) is 35.1. The SMILES string of the molecule is C[C@]12CCN[C@@H]1c1ccccc1SC2. The number of fused-ring (bicyclic) bond motifs is 3. The van der Waals surface area contributed by atoms with Crippen LogP contribution in [0.5, 0.6) is 0 Å². The summed E-state index contributed by atoms with van der Waals surface area (Å²) in [5, 5.41) is 3.64. The number of benzene rings is 1. The second-order valence-electron chi connectivity index (χ2n) is 4.62. The number of nitrogens with one attached hydrogen (secondary N) is 1. The number of hydrogen-bond donors (Lipinski definition) is 1. The molecule has 0 aromatic heterocycles. The smallest absolute Gasteiger partial charge is 0.0394 e. The van der Waals surface area contributed by atoms with Gasteiger partial charge < -0.3 is 5.32 Å². The minimum absolute atomic E-state index is 0.485. The molecular formula is C12H15NS. The maximum absolute atomic E-state index is 3.64. The van der Waals surface area contributed by atoms with Crippen molar-refractivity contribution >= 4 is 11.8 Å². The molecule has 0 spiro atoms. The highest BCUT2D eigenvalue weighted by atomic mass is 32.2. The summed E-state index contributed by atoms with van der Waals surface area (Å²) in [4.78, 5) is 1.48. The van der Waals surface area contributed by atoms with Crippen molar-refractivity contribution in [2.45, 2.75) is 24.3 Å². The Hall–Kier alpha value is -0.470. The van der Waals surface area contributed by atoms with Crippen LogP contribution >= 0.6 is 11.8 Å². The molecule has 2 heteroatoms. The predicted octanol–water partition coefficient (Wildman–Crippen LogP) is 2.83. The summed E-state index contributed by atoms with van der Waals surface area (Å²) in [6.07, 6.45) is 1.32. The number of thioether (sulfide) groups is 1. The van der Waals surface area contributed by atoms with E-state index < -0.39 is 0 Å². The van der Waals surface area contributed by atoms with E-state index in [-0.39, 0.29) is 0 Å². The van der Waals surface area contributed by atoms with Crippen molar-refractivity contribution in [3.05, 3.63) is 29.8 Å². The average Bonchev–Trinajstić information content (AvgIpc) is 2.60. The van der Waals surface area contributed by atoms with Crippen molar-refractivity contribution in [2.24, 2.45) is 5.41 Å². The third-order valence-corrected chi connectivity index (χ3v) is 5.02. The van der Waals surface area contributed by atoms with E-state index in [4.69, 9.17) is 0 Å². The molecule has 0 radical (unpaired) electrons. The Morgan fingerprint density at radius 2 is 2.29 bits per heavy atom. The molecule has 2 heterocycles. The van der Waals surface area contributed by atoms with Crippen molar-refractivity contribution in [3.63, 3.8) is 0 Å². The zero-order chi connectivity index (χ0) is 9.60. The Labute approximate surface area is 89.3 Å². The molecule has 14 heavy (non-hydrogen) atoms. The van der Waals surface area contributed by atoms with Crippen LogP contribution in [0.15, 0.2) is 29.2 Å². The first-order valence-corrected chi connectivity index (χ1v) is 6.23. The lowest BCUT2D eigenvalue weighted by molar-refractivity contribution is 0.320. The molecule has 2 atom stereocenters. The molecule has 1 N–H and O–H groups in total. The molecule has 0 amide bonds. The third kappa shape index (κ3) is 1.14. The molecule has 2 aliphatic rings. The monoisotopic (exact) mass is 205 g/mol. The predicted molar refractivity (Wildman–Crippen MR) is 60.6 cm³/mol. The van der Waals surface area contributed by atoms with Crippen LogP contribution in [0, 0.1) is 5.41 Å². The van der Waals surface area contributed by atoms with E-state index in [1.165, 1.54) is 29.2 Å². The van der Waals surface area contributed by atoms with Gasteiger partial charge in [-0.25, -0.2) is 0 Å². The summed E-state index contributed by atoms with van der Waals surface area (Å²) in [5.41, 5.74) is 2.00. The molecule has 1 saturated heterocycles. The van der Waals surface area contributed by atoms with Crippen LogP contribution < -0.4 is 5.32 Å². The van der Waals surface area contributed by atoms with Gasteiger partial charge >= 0.3 is 0 Å². The summed E-state index contributed by atoms with van der Waals surface area (Å²) in [5.74, 6) is 1.27. The fourth-order valence-electron chi connectivity index (χ4n) is 2.63. The average molecular weight is 205 g/mol. The van der Waals surface area contributed by atoms with E-state index in [2.05, 4.69) is 36.5 Å². The summed E-state index contributed by atoms with van der Waals surface area (Å²) in [6, 6.07) is 9.43. The summed E-state index contributed by atoms with van der Waals surface area (Å²) >= 11 is 2.02. The van der Waals surface area contributed by atoms with Gasteiger partial charge in [0, 0.05) is 16.7 Å². The Morgan fingerprint density at radius 1 is 1.43 bits per heavy atom. The maximum Gasteiger partial charge on any atom is 0.0394 e. The van der Waals surface area contributed by atoms with E-state index in [9.17, 15) is 0 Å². The van der Waals surface area contributed by atoms with E-state index in [1.54, 1.807) is 0 Å². The molecule has 0 bridgehead atoms. The van der Waals surface area contributed by atoms with E-state index >= 15 is 0 Å². The van der Waals surface area contributed by atoms with Crippen LogP contribution in [0.25, 0.3) is 0 Å². The third-order valence-electron chi connectivity index (χ3n) is 3.53.